The van der Waals surface area contributed by atoms with Gasteiger partial charge in [-0.05, 0) is 43.5 Å². The molecule has 1 amide bonds. The predicted octanol–water partition coefficient (Wildman–Crippen LogP) is 3.39. The van der Waals surface area contributed by atoms with E-state index in [2.05, 4.69) is 29.1 Å². The molecule has 2 N–H and O–H groups in total. The molecule has 2 heterocycles. The average molecular weight is 400 g/mol. The fourth-order valence-electron chi connectivity index (χ4n) is 3.02. The van der Waals surface area contributed by atoms with E-state index in [1.807, 2.05) is 31.2 Å². The van der Waals surface area contributed by atoms with Crippen molar-refractivity contribution in [3.05, 3.63) is 42.1 Å². The van der Waals surface area contributed by atoms with Crippen molar-refractivity contribution in [2.75, 3.05) is 23.4 Å². The molecule has 8 heteroatoms. The fourth-order valence-corrected chi connectivity index (χ4v) is 3.02. The molecule has 0 saturated carbocycles. The highest BCUT2D eigenvalue weighted by molar-refractivity contribution is 5.89. The zero-order valence-corrected chi connectivity index (χ0v) is 17.2. The maximum Gasteiger partial charge on any atom is 0.416 e. The average Bonchev–Trinajstić information content (AvgIpc) is 3.08. The van der Waals surface area contributed by atoms with Crippen LogP contribution < -0.4 is 15.0 Å². The molecule has 0 unspecified atom stereocenters. The highest BCUT2D eigenvalue weighted by Gasteiger charge is 2.38. The van der Waals surface area contributed by atoms with Gasteiger partial charge in [-0.3, -0.25) is 4.90 Å². The Morgan fingerprint density at radius 2 is 2.10 bits per heavy atom. The Hall–Kier alpha value is -2.87. The van der Waals surface area contributed by atoms with Crippen LogP contribution in [-0.4, -0.2) is 46.5 Å². The lowest BCUT2D eigenvalue weighted by molar-refractivity contribution is 0.142. The van der Waals surface area contributed by atoms with E-state index in [0.29, 0.717) is 24.3 Å². The Morgan fingerprint density at radius 3 is 2.83 bits per heavy atom. The third kappa shape index (κ3) is 5.14. The number of amides is 1. The van der Waals surface area contributed by atoms with Gasteiger partial charge in [0.05, 0.1) is 18.8 Å². The summed E-state index contributed by atoms with van der Waals surface area (Å²) < 4.78 is 10.9. The summed E-state index contributed by atoms with van der Waals surface area (Å²) in [6, 6.07) is 8.95. The summed E-state index contributed by atoms with van der Waals surface area (Å²) in [6.07, 6.45) is 0.313. The molecular weight excluding hydrogens is 372 g/mol. The number of rotatable bonds is 8. The molecule has 29 heavy (non-hydrogen) atoms. The lowest BCUT2D eigenvalue weighted by atomic mass is 10.1. The van der Waals surface area contributed by atoms with Crippen molar-refractivity contribution in [1.29, 1.82) is 0 Å². The third-order valence-corrected chi connectivity index (χ3v) is 4.64. The van der Waals surface area contributed by atoms with Gasteiger partial charge in [-0.2, -0.15) is 4.98 Å². The molecule has 1 saturated heterocycles. The monoisotopic (exact) mass is 400 g/mol. The largest absolute Gasteiger partial charge is 0.493 e. The van der Waals surface area contributed by atoms with Crippen LogP contribution in [0.4, 0.5) is 16.6 Å². The maximum absolute atomic E-state index is 12.1. The van der Waals surface area contributed by atoms with Crippen LogP contribution in [0.25, 0.3) is 0 Å². The van der Waals surface area contributed by atoms with E-state index in [-0.39, 0.29) is 12.6 Å². The van der Waals surface area contributed by atoms with Crippen molar-refractivity contribution in [2.45, 2.75) is 45.9 Å². The zero-order valence-electron chi connectivity index (χ0n) is 17.2. The molecule has 0 bridgehead atoms. The number of hydrogen-bond acceptors (Lipinski definition) is 7. The lowest BCUT2D eigenvalue weighted by Crippen LogP contribution is -2.41. The van der Waals surface area contributed by atoms with Crippen LogP contribution in [0.2, 0.25) is 0 Å². The fraction of sp³-hybridized carbons (Fsp3) is 0.476. The smallest absolute Gasteiger partial charge is 0.416 e. The summed E-state index contributed by atoms with van der Waals surface area (Å²) in [5, 5.41) is 13.2. The topological polar surface area (TPSA) is 96.8 Å². The number of carbonyl (C=O) groups excluding carboxylic acids is 1. The van der Waals surface area contributed by atoms with Crippen molar-refractivity contribution < 1.29 is 19.4 Å². The first-order valence-corrected chi connectivity index (χ1v) is 9.81. The van der Waals surface area contributed by atoms with E-state index in [1.54, 1.807) is 19.2 Å². The molecule has 1 fully saturated rings. The van der Waals surface area contributed by atoms with E-state index in [4.69, 9.17) is 9.47 Å². The molecule has 2 aromatic rings. The highest BCUT2D eigenvalue weighted by atomic mass is 16.6. The Morgan fingerprint density at radius 1 is 1.31 bits per heavy atom. The number of anilines is 2. The molecular formula is C21H28N4O4. The predicted molar refractivity (Wildman–Crippen MR) is 110 cm³/mol. The molecule has 3 rings (SSSR count). The highest BCUT2D eigenvalue weighted by Crippen LogP contribution is 2.26. The number of nitrogens with one attached hydrogen (secondary N) is 1. The first-order chi connectivity index (χ1) is 13.8. The molecule has 0 radical (unpaired) electrons. The van der Waals surface area contributed by atoms with Crippen molar-refractivity contribution >= 4 is 17.9 Å². The Kier molecular flexibility index (Phi) is 6.53. The van der Waals surface area contributed by atoms with Gasteiger partial charge in [0.25, 0.3) is 0 Å². The van der Waals surface area contributed by atoms with Crippen LogP contribution in [-0.2, 0) is 4.74 Å². The van der Waals surface area contributed by atoms with E-state index in [1.165, 1.54) is 4.90 Å². The van der Waals surface area contributed by atoms with Crippen molar-refractivity contribution in [3.8, 4) is 5.75 Å². The van der Waals surface area contributed by atoms with Crippen LogP contribution in [0.15, 0.2) is 36.5 Å². The molecule has 156 valence electrons. The first-order valence-electron chi connectivity index (χ1n) is 9.81. The van der Waals surface area contributed by atoms with Gasteiger partial charge in [0.15, 0.2) is 0 Å². The van der Waals surface area contributed by atoms with Crippen LogP contribution >= 0.6 is 0 Å². The molecule has 1 aliphatic heterocycles. The summed E-state index contributed by atoms with van der Waals surface area (Å²) in [6.45, 7) is 8.62. The third-order valence-electron chi connectivity index (χ3n) is 4.64. The summed E-state index contributed by atoms with van der Waals surface area (Å²) in [5.41, 5.74) is 1.03. The number of aromatic nitrogens is 2. The van der Waals surface area contributed by atoms with E-state index in [9.17, 15) is 9.90 Å². The number of ether oxygens (including phenoxy) is 2. The minimum atomic E-state index is -0.736. The Bertz CT molecular complexity index is 843. The molecule has 0 aliphatic carbocycles. The lowest BCUT2D eigenvalue weighted by Gasteiger charge is -2.23. The van der Waals surface area contributed by atoms with Gasteiger partial charge in [0.1, 0.15) is 24.2 Å². The molecule has 0 spiro atoms. The summed E-state index contributed by atoms with van der Waals surface area (Å²) in [4.78, 5) is 22.2. The minimum absolute atomic E-state index is 0.0778. The molecule has 1 aromatic carbocycles. The van der Waals surface area contributed by atoms with Crippen LogP contribution in [0, 0.1) is 5.92 Å². The normalized spacial score (nSPS) is 18.5. The molecule has 8 nitrogen and oxygen atoms in total. The van der Waals surface area contributed by atoms with E-state index >= 15 is 0 Å². The van der Waals surface area contributed by atoms with E-state index in [0.717, 1.165) is 11.3 Å². The van der Waals surface area contributed by atoms with E-state index < -0.39 is 18.2 Å². The van der Waals surface area contributed by atoms with Crippen molar-refractivity contribution in [2.24, 2.45) is 5.92 Å². The number of aliphatic hydroxyl groups excluding tert-OH is 1. The molecule has 1 aromatic heterocycles. The molecule has 1 aliphatic rings. The van der Waals surface area contributed by atoms with Gasteiger partial charge in [-0.1, -0.05) is 26.0 Å². The van der Waals surface area contributed by atoms with Crippen molar-refractivity contribution in [3.63, 3.8) is 0 Å². The second-order valence-electron chi connectivity index (χ2n) is 7.64. The quantitative estimate of drug-likeness (QED) is 0.701. The van der Waals surface area contributed by atoms with Crippen molar-refractivity contribution in [1.82, 2.24) is 9.97 Å². The second kappa shape index (κ2) is 9.09. The van der Waals surface area contributed by atoms with Gasteiger partial charge in [0.2, 0.25) is 5.95 Å². The first kappa shape index (κ1) is 20.9. The summed E-state index contributed by atoms with van der Waals surface area (Å²) >= 11 is 0. The number of aliphatic hydroxyl groups is 1. The maximum atomic E-state index is 12.1. The van der Waals surface area contributed by atoms with Gasteiger partial charge < -0.3 is 19.9 Å². The SMILES string of the molecule is CC(C)COc1cccc([C@H](C)Nc2nccc(N3C(=O)OC[C@@H]3[C@@H](C)O)n2)c1. The molecule has 3 atom stereocenters. The Labute approximate surface area is 170 Å². The minimum Gasteiger partial charge on any atom is -0.493 e. The summed E-state index contributed by atoms with van der Waals surface area (Å²) in [5.74, 6) is 2.04. The zero-order chi connectivity index (χ0) is 21.0. The number of hydrogen-bond donors (Lipinski definition) is 2. The van der Waals surface area contributed by atoms with Gasteiger partial charge in [0, 0.05) is 6.20 Å². The van der Waals surface area contributed by atoms with Gasteiger partial charge >= 0.3 is 6.09 Å². The Balaban J connectivity index is 1.73. The van der Waals surface area contributed by atoms with Crippen LogP contribution in [0.1, 0.15) is 39.3 Å². The van der Waals surface area contributed by atoms with Crippen LogP contribution in [0.5, 0.6) is 5.75 Å². The van der Waals surface area contributed by atoms with Gasteiger partial charge in [-0.25, -0.2) is 9.78 Å². The second-order valence-corrected chi connectivity index (χ2v) is 7.64. The number of carbonyl (C=O) groups is 1. The number of nitrogens with zero attached hydrogens (tertiary/aromatic N) is 3. The van der Waals surface area contributed by atoms with Crippen LogP contribution in [0.3, 0.4) is 0 Å². The number of benzene rings is 1. The number of cyclic esters (lactones) is 1. The van der Waals surface area contributed by atoms with Gasteiger partial charge in [-0.15, -0.1) is 0 Å². The standard InChI is InChI=1S/C21H28N4O4/c1-13(2)11-28-17-7-5-6-16(10-17)14(3)23-20-22-9-8-19(24-20)25-18(15(4)26)12-29-21(25)27/h5-10,13-15,18,26H,11-12H2,1-4H3,(H,22,23,24)/t14-,15+,18+/m0/s1. The summed E-state index contributed by atoms with van der Waals surface area (Å²) in [7, 11) is 0.